The van der Waals surface area contributed by atoms with E-state index in [1.807, 2.05) is 12.1 Å². The van der Waals surface area contributed by atoms with Crippen LogP contribution in [-0.2, 0) is 14.0 Å². The third-order valence-corrected chi connectivity index (χ3v) is 5.20. The molecule has 2 atom stereocenters. The molecule has 22 heavy (non-hydrogen) atoms. The van der Waals surface area contributed by atoms with Crippen molar-refractivity contribution in [2.75, 3.05) is 7.11 Å². The van der Waals surface area contributed by atoms with Crippen molar-refractivity contribution in [1.82, 2.24) is 0 Å². The van der Waals surface area contributed by atoms with Crippen LogP contribution in [0.25, 0.3) is 0 Å². The first-order chi connectivity index (χ1) is 10.2. The molecule has 2 fully saturated rings. The van der Waals surface area contributed by atoms with Gasteiger partial charge in [0.25, 0.3) is 0 Å². The molecule has 0 aromatic heterocycles. The number of rotatable bonds is 3. The minimum absolute atomic E-state index is 0.170. The monoisotopic (exact) mass is 302 g/mol. The van der Waals surface area contributed by atoms with Crippen LogP contribution in [0.3, 0.4) is 0 Å². The molecule has 0 unspecified atom stereocenters. The molecule has 4 nitrogen and oxygen atoms in total. The lowest BCUT2D eigenvalue weighted by Crippen LogP contribution is -2.41. The largest absolute Gasteiger partial charge is 0.465 e. The SMILES string of the molecule is COC(=O)c1cccc([C@H]2C[C@@H]2B2OC(C)(C)C(C)(C)O2)c1. The smallest absolute Gasteiger partial charge is 0.461 e. The van der Waals surface area contributed by atoms with Crippen LogP contribution in [0.5, 0.6) is 0 Å². The predicted octanol–water partition coefficient (Wildman–Crippen LogP) is 3.42. The lowest BCUT2D eigenvalue weighted by atomic mass is 9.79. The number of esters is 1. The first-order valence-corrected chi connectivity index (χ1v) is 7.79. The van der Waals surface area contributed by atoms with Crippen LogP contribution < -0.4 is 0 Å². The van der Waals surface area contributed by atoms with Gasteiger partial charge in [-0.05, 0) is 57.7 Å². The highest BCUT2D eigenvalue weighted by atomic mass is 16.7. The molecule has 1 aromatic rings. The van der Waals surface area contributed by atoms with Crippen LogP contribution in [0, 0.1) is 0 Å². The zero-order chi connectivity index (χ0) is 16.1. The van der Waals surface area contributed by atoms with Crippen molar-refractivity contribution in [3.63, 3.8) is 0 Å². The number of ether oxygens (including phenoxy) is 1. The predicted molar refractivity (Wildman–Crippen MR) is 85.0 cm³/mol. The van der Waals surface area contributed by atoms with E-state index in [1.165, 1.54) is 7.11 Å². The van der Waals surface area contributed by atoms with Gasteiger partial charge in [0.05, 0.1) is 23.9 Å². The van der Waals surface area contributed by atoms with E-state index < -0.39 is 0 Å². The summed E-state index contributed by atoms with van der Waals surface area (Å²) in [4.78, 5) is 11.6. The average molecular weight is 302 g/mol. The van der Waals surface area contributed by atoms with E-state index in [9.17, 15) is 4.79 Å². The maximum absolute atomic E-state index is 11.6. The van der Waals surface area contributed by atoms with Crippen molar-refractivity contribution in [2.24, 2.45) is 0 Å². The molecular formula is C17H23BO4. The molecule has 118 valence electrons. The topological polar surface area (TPSA) is 44.8 Å². The summed E-state index contributed by atoms with van der Waals surface area (Å²) >= 11 is 0. The van der Waals surface area contributed by atoms with Gasteiger partial charge in [-0.3, -0.25) is 0 Å². The Morgan fingerprint density at radius 1 is 1.23 bits per heavy atom. The highest BCUT2D eigenvalue weighted by molar-refractivity contribution is 6.49. The Morgan fingerprint density at radius 3 is 2.45 bits per heavy atom. The summed E-state index contributed by atoms with van der Waals surface area (Å²) in [5.41, 5.74) is 1.17. The van der Waals surface area contributed by atoms with E-state index in [2.05, 4.69) is 33.8 Å². The fraction of sp³-hybridized carbons (Fsp3) is 0.588. The van der Waals surface area contributed by atoms with Crippen LogP contribution in [0.2, 0.25) is 5.82 Å². The van der Waals surface area contributed by atoms with Crippen molar-refractivity contribution in [3.05, 3.63) is 35.4 Å². The number of carbonyl (C=O) groups is 1. The van der Waals surface area contributed by atoms with Crippen LogP contribution in [-0.4, -0.2) is 31.4 Å². The van der Waals surface area contributed by atoms with Crippen LogP contribution in [0.1, 0.15) is 56.0 Å². The number of hydrogen-bond donors (Lipinski definition) is 0. The molecule has 1 heterocycles. The molecule has 0 bridgehead atoms. The first-order valence-electron chi connectivity index (χ1n) is 7.79. The van der Waals surface area contributed by atoms with Crippen LogP contribution >= 0.6 is 0 Å². The number of methoxy groups -OCH3 is 1. The molecule has 1 aliphatic carbocycles. The van der Waals surface area contributed by atoms with Crippen molar-refractivity contribution in [3.8, 4) is 0 Å². The second-order valence-electron chi connectivity index (χ2n) is 7.25. The Bertz CT molecular complexity index is 580. The Morgan fingerprint density at radius 2 is 1.86 bits per heavy atom. The summed E-state index contributed by atoms with van der Waals surface area (Å²) in [5, 5.41) is 0. The molecule has 1 aromatic carbocycles. The van der Waals surface area contributed by atoms with Gasteiger partial charge >= 0.3 is 13.1 Å². The van der Waals surface area contributed by atoms with Gasteiger partial charge < -0.3 is 14.0 Å². The van der Waals surface area contributed by atoms with E-state index in [1.54, 1.807) is 6.07 Å². The van der Waals surface area contributed by atoms with Gasteiger partial charge in [0.2, 0.25) is 0 Å². The molecule has 5 heteroatoms. The highest BCUT2D eigenvalue weighted by Crippen LogP contribution is 2.58. The van der Waals surface area contributed by atoms with Gasteiger partial charge in [-0.1, -0.05) is 12.1 Å². The molecule has 2 aliphatic rings. The van der Waals surface area contributed by atoms with Gasteiger partial charge in [0.15, 0.2) is 0 Å². The Balaban J connectivity index is 1.72. The van der Waals surface area contributed by atoms with Crippen molar-refractivity contribution in [2.45, 2.75) is 57.1 Å². The minimum atomic E-state index is -0.297. The standard InChI is InChI=1S/C17H23BO4/c1-16(2)17(3,4)22-18(21-16)14-10-13(14)11-7-6-8-12(9-11)15(19)20-5/h6-9,13-14H,10H2,1-5H3/t13-,14+/m1/s1. The summed E-state index contributed by atoms with van der Waals surface area (Å²) < 4.78 is 17.0. The Hall–Kier alpha value is -1.33. The van der Waals surface area contributed by atoms with Gasteiger partial charge in [-0.25, -0.2) is 4.79 Å². The van der Waals surface area contributed by atoms with Crippen LogP contribution in [0.15, 0.2) is 24.3 Å². The summed E-state index contributed by atoms with van der Waals surface area (Å²) in [5.74, 6) is 0.447. The van der Waals surface area contributed by atoms with Crippen LogP contribution in [0.4, 0.5) is 0 Å². The molecule has 0 spiro atoms. The van der Waals surface area contributed by atoms with Crippen molar-refractivity contribution in [1.29, 1.82) is 0 Å². The van der Waals surface area contributed by atoms with Gasteiger partial charge in [0.1, 0.15) is 0 Å². The minimum Gasteiger partial charge on any atom is -0.465 e. The Kier molecular flexibility index (Phi) is 3.61. The second-order valence-corrected chi connectivity index (χ2v) is 7.25. The zero-order valence-electron chi connectivity index (χ0n) is 13.9. The van der Waals surface area contributed by atoms with E-state index in [4.69, 9.17) is 14.0 Å². The summed E-state index contributed by atoms with van der Waals surface area (Å²) in [7, 11) is 1.23. The molecule has 3 rings (SSSR count). The van der Waals surface area contributed by atoms with Gasteiger partial charge in [-0.2, -0.15) is 0 Å². The molecule has 0 N–H and O–H groups in total. The third-order valence-electron chi connectivity index (χ3n) is 5.20. The van der Waals surface area contributed by atoms with E-state index in [0.29, 0.717) is 17.3 Å². The maximum atomic E-state index is 11.6. The average Bonchev–Trinajstić information content (AvgIpc) is 3.21. The highest BCUT2D eigenvalue weighted by Gasteiger charge is 2.59. The molecule has 0 amide bonds. The lowest BCUT2D eigenvalue weighted by molar-refractivity contribution is 0.00578. The van der Waals surface area contributed by atoms with E-state index in [-0.39, 0.29) is 24.3 Å². The second kappa shape index (κ2) is 5.10. The Labute approximate surface area is 132 Å². The van der Waals surface area contributed by atoms with E-state index in [0.717, 1.165) is 12.0 Å². The molecule has 1 aliphatic heterocycles. The summed E-state index contributed by atoms with van der Waals surface area (Å²) in [6.07, 6.45) is 1.03. The summed E-state index contributed by atoms with van der Waals surface area (Å²) in [6.45, 7) is 8.29. The number of hydrogen-bond acceptors (Lipinski definition) is 4. The third kappa shape index (κ3) is 2.57. The molecule has 1 saturated heterocycles. The normalized spacial score (nSPS) is 28.5. The number of benzene rings is 1. The first kappa shape index (κ1) is 15.6. The van der Waals surface area contributed by atoms with Crippen molar-refractivity contribution >= 4 is 13.1 Å². The summed E-state index contributed by atoms with van der Waals surface area (Å²) in [6, 6.07) is 7.66. The number of carbonyl (C=O) groups excluding carboxylic acids is 1. The zero-order valence-corrected chi connectivity index (χ0v) is 13.9. The molecule has 0 radical (unpaired) electrons. The maximum Gasteiger partial charge on any atom is 0.461 e. The fourth-order valence-corrected chi connectivity index (χ4v) is 2.98. The van der Waals surface area contributed by atoms with Gasteiger partial charge in [-0.15, -0.1) is 0 Å². The quantitative estimate of drug-likeness (QED) is 0.634. The van der Waals surface area contributed by atoms with Gasteiger partial charge in [0, 0.05) is 5.82 Å². The molecule has 1 saturated carbocycles. The van der Waals surface area contributed by atoms with Crippen molar-refractivity contribution < 1.29 is 18.8 Å². The fourth-order valence-electron chi connectivity index (χ4n) is 2.98. The lowest BCUT2D eigenvalue weighted by Gasteiger charge is -2.32. The molecular weight excluding hydrogens is 279 g/mol. The van der Waals surface area contributed by atoms with E-state index >= 15 is 0 Å².